The molecule has 9 nitrogen and oxygen atoms in total. The minimum Gasteiger partial charge on any atom is -0.326 e. The quantitative estimate of drug-likeness (QED) is 0.140. The van der Waals surface area contributed by atoms with Gasteiger partial charge in [0.15, 0.2) is 0 Å². The summed E-state index contributed by atoms with van der Waals surface area (Å²) < 4.78 is 1.27. The molecule has 48 heavy (non-hydrogen) atoms. The molecule has 0 bridgehead atoms. The van der Waals surface area contributed by atoms with Crippen LogP contribution >= 0.6 is 11.3 Å². The van der Waals surface area contributed by atoms with Crippen LogP contribution < -0.4 is 22.1 Å². The van der Waals surface area contributed by atoms with E-state index in [-0.39, 0.29) is 23.6 Å². The van der Waals surface area contributed by atoms with Crippen LogP contribution in [0.5, 0.6) is 0 Å². The topological polar surface area (TPSA) is 135 Å². The summed E-state index contributed by atoms with van der Waals surface area (Å²) in [5.74, 6) is -0.205. The van der Waals surface area contributed by atoms with Crippen molar-refractivity contribution in [3.8, 4) is 5.69 Å². The van der Waals surface area contributed by atoms with Crippen molar-refractivity contribution in [1.29, 1.82) is 0 Å². The molecule has 5 N–H and O–H groups in total. The van der Waals surface area contributed by atoms with Crippen LogP contribution in [0.4, 0.5) is 16.6 Å². The normalized spacial score (nSPS) is 14.3. The monoisotopic (exact) mass is 650 g/mol. The van der Waals surface area contributed by atoms with Gasteiger partial charge in [-0.05, 0) is 98.1 Å². The van der Waals surface area contributed by atoms with Crippen LogP contribution in [0.25, 0.3) is 27.2 Å². The third-order valence-corrected chi connectivity index (χ3v) is 9.86. The molecule has 2 heterocycles. The van der Waals surface area contributed by atoms with Gasteiger partial charge in [-0.3, -0.25) is 14.6 Å². The number of H-pyrrole nitrogens is 1. The molecule has 0 fully saturated rings. The predicted octanol–water partition coefficient (Wildman–Crippen LogP) is 6.83. The van der Waals surface area contributed by atoms with Gasteiger partial charge in [0, 0.05) is 30.1 Å². The number of fused-ring (bicyclic) bond motifs is 5. The number of nitrogens with one attached hydrogen (secondary N) is 3. The number of aromatic amines is 1. The highest BCUT2D eigenvalue weighted by Gasteiger charge is 2.31. The van der Waals surface area contributed by atoms with Gasteiger partial charge in [-0.2, -0.15) is 4.68 Å². The van der Waals surface area contributed by atoms with Gasteiger partial charge in [0.05, 0.1) is 10.7 Å². The highest BCUT2D eigenvalue weighted by atomic mass is 32.1. The Hall–Kier alpha value is -5.84. The van der Waals surface area contributed by atoms with E-state index in [1.807, 2.05) is 35.7 Å². The SMILES string of the molecule is NCc1cccc(-n2nc(Nc3ccc(C(=O)Nc4sccc4[C@H]4Cc5c(ccc6c5ccc5ccccc56)CC4=O)cc3)[nH]c2=O)c1. The number of thiophene rings is 1. The second-order valence-electron chi connectivity index (χ2n) is 11.9. The second-order valence-corrected chi connectivity index (χ2v) is 12.8. The first-order valence-corrected chi connectivity index (χ1v) is 16.5. The number of carbonyl (C=O) groups excluding carboxylic acids is 2. The molecule has 10 heteroatoms. The number of hydrogen-bond acceptors (Lipinski definition) is 7. The van der Waals surface area contributed by atoms with E-state index in [0.717, 1.165) is 16.7 Å². The molecule has 7 aromatic rings. The van der Waals surface area contributed by atoms with E-state index >= 15 is 0 Å². The number of benzene rings is 5. The summed E-state index contributed by atoms with van der Waals surface area (Å²) in [6.07, 6.45) is 0.949. The summed E-state index contributed by atoms with van der Waals surface area (Å²) in [6, 6.07) is 33.0. The van der Waals surface area contributed by atoms with Crippen LogP contribution in [0.3, 0.4) is 0 Å². The van der Waals surface area contributed by atoms with Crippen LogP contribution in [0.1, 0.15) is 38.5 Å². The van der Waals surface area contributed by atoms with Gasteiger partial charge in [-0.15, -0.1) is 16.4 Å². The van der Waals surface area contributed by atoms with Crippen LogP contribution in [-0.4, -0.2) is 26.5 Å². The Morgan fingerprint density at radius 1 is 0.917 bits per heavy atom. The number of ketones is 1. The molecular weight excluding hydrogens is 621 g/mol. The lowest BCUT2D eigenvalue weighted by atomic mass is 9.77. The smallest absolute Gasteiger partial charge is 0.326 e. The van der Waals surface area contributed by atoms with Crippen LogP contribution in [0.2, 0.25) is 0 Å². The Morgan fingerprint density at radius 3 is 2.60 bits per heavy atom. The fourth-order valence-corrected chi connectivity index (χ4v) is 7.45. The van der Waals surface area contributed by atoms with Gasteiger partial charge in [0.1, 0.15) is 5.78 Å². The number of anilines is 3. The summed E-state index contributed by atoms with van der Waals surface area (Å²) in [4.78, 5) is 42.1. The van der Waals surface area contributed by atoms with E-state index < -0.39 is 5.69 Å². The first kappa shape index (κ1) is 29.6. The molecule has 236 valence electrons. The lowest BCUT2D eigenvalue weighted by Crippen LogP contribution is -2.24. The second kappa shape index (κ2) is 12.1. The molecule has 1 aliphatic carbocycles. The fraction of sp³-hybridized carbons (Fsp3) is 0.105. The van der Waals surface area contributed by atoms with Crippen molar-refractivity contribution < 1.29 is 9.59 Å². The first-order chi connectivity index (χ1) is 23.4. The molecule has 0 unspecified atom stereocenters. The summed E-state index contributed by atoms with van der Waals surface area (Å²) >= 11 is 1.42. The zero-order valence-corrected chi connectivity index (χ0v) is 26.5. The zero-order valence-electron chi connectivity index (χ0n) is 25.7. The van der Waals surface area contributed by atoms with Gasteiger partial charge in [0.25, 0.3) is 5.91 Å². The fourth-order valence-electron chi connectivity index (χ4n) is 6.60. The number of nitrogens with zero attached hydrogens (tertiary/aromatic N) is 2. The maximum absolute atomic E-state index is 13.5. The van der Waals surface area contributed by atoms with Crippen LogP contribution in [-0.2, 0) is 24.2 Å². The van der Waals surface area contributed by atoms with Crippen LogP contribution in [0.15, 0.2) is 113 Å². The number of rotatable bonds is 7. The van der Waals surface area contributed by atoms with Gasteiger partial charge < -0.3 is 16.4 Å². The average molecular weight is 651 g/mol. The van der Waals surface area contributed by atoms with Gasteiger partial charge in [0.2, 0.25) is 5.95 Å². The van der Waals surface area contributed by atoms with Crippen molar-refractivity contribution in [2.75, 3.05) is 10.6 Å². The van der Waals surface area contributed by atoms with E-state index in [9.17, 15) is 14.4 Å². The number of carbonyl (C=O) groups is 2. The molecule has 1 atom stereocenters. The minimum atomic E-state index is -0.393. The third-order valence-electron chi connectivity index (χ3n) is 9.01. The molecule has 0 aliphatic heterocycles. The van der Waals surface area contributed by atoms with Crippen molar-refractivity contribution in [2.24, 2.45) is 5.73 Å². The third kappa shape index (κ3) is 5.36. The molecule has 2 aromatic heterocycles. The average Bonchev–Trinajstić information content (AvgIpc) is 3.73. The summed E-state index contributed by atoms with van der Waals surface area (Å²) in [7, 11) is 0. The molecule has 0 saturated heterocycles. The van der Waals surface area contributed by atoms with Gasteiger partial charge in [-0.25, -0.2) is 4.79 Å². The summed E-state index contributed by atoms with van der Waals surface area (Å²) in [5.41, 5.74) is 11.1. The Bertz CT molecular complexity index is 2420. The lowest BCUT2D eigenvalue weighted by molar-refractivity contribution is -0.120. The van der Waals surface area contributed by atoms with E-state index in [1.165, 1.54) is 43.1 Å². The van der Waals surface area contributed by atoms with Crippen molar-refractivity contribution >= 4 is 61.2 Å². The Kier molecular flexibility index (Phi) is 7.43. The minimum absolute atomic E-state index is 0.152. The molecule has 0 saturated carbocycles. The van der Waals surface area contributed by atoms with E-state index in [1.54, 1.807) is 30.3 Å². The van der Waals surface area contributed by atoms with Crippen LogP contribution in [0, 0.1) is 0 Å². The van der Waals surface area contributed by atoms with E-state index in [4.69, 9.17) is 5.73 Å². The predicted molar refractivity (Wildman–Crippen MR) is 191 cm³/mol. The molecule has 0 spiro atoms. The van der Waals surface area contributed by atoms with Gasteiger partial charge in [-0.1, -0.05) is 60.7 Å². The van der Waals surface area contributed by atoms with Crippen molar-refractivity contribution in [2.45, 2.75) is 25.3 Å². The zero-order chi connectivity index (χ0) is 32.8. The Balaban J connectivity index is 0.991. The van der Waals surface area contributed by atoms with Crippen molar-refractivity contribution in [3.05, 3.63) is 147 Å². The molecule has 1 amide bonds. The lowest BCUT2D eigenvalue weighted by Gasteiger charge is -2.26. The summed E-state index contributed by atoms with van der Waals surface area (Å²) in [5, 5.41) is 17.8. The number of hydrogen-bond donors (Lipinski definition) is 4. The Morgan fingerprint density at radius 2 is 1.75 bits per heavy atom. The van der Waals surface area contributed by atoms with E-state index in [2.05, 4.69) is 63.2 Å². The highest BCUT2D eigenvalue weighted by molar-refractivity contribution is 7.14. The number of Topliss-reactive ketones (excluding diaryl/α,β-unsaturated/α-hetero) is 1. The Labute approximate surface area is 279 Å². The summed E-state index contributed by atoms with van der Waals surface area (Å²) in [6.45, 7) is 0.355. The molecule has 5 aromatic carbocycles. The van der Waals surface area contributed by atoms with Crippen molar-refractivity contribution in [1.82, 2.24) is 14.8 Å². The number of aromatic nitrogens is 3. The van der Waals surface area contributed by atoms with E-state index in [0.29, 0.717) is 41.3 Å². The standard InChI is InChI=1S/C38H30N6O3S/c39-21-22-4-3-6-27(18-22)44-38(47)42-37(43-44)40-26-12-8-24(9-13-26)35(46)41-36-31(16-17-48-36)33-20-32-25(19-34(33)45)11-15-29-28-7-2-1-5-23(28)10-14-30(29)32/h1-18,33H,19-21,39H2,(H,41,46)(H2,40,42,43,47)/t33-/m1/s1. The first-order valence-electron chi connectivity index (χ1n) is 15.6. The maximum Gasteiger partial charge on any atom is 0.349 e. The van der Waals surface area contributed by atoms with Crippen molar-refractivity contribution in [3.63, 3.8) is 0 Å². The van der Waals surface area contributed by atoms with Gasteiger partial charge >= 0.3 is 5.69 Å². The number of amides is 1. The highest BCUT2D eigenvalue weighted by Crippen LogP contribution is 2.40. The molecule has 0 radical (unpaired) electrons. The number of nitrogens with two attached hydrogens (primary N) is 1. The molecule has 8 rings (SSSR count). The molecular formula is C38H30N6O3S. The largest absolute Gasteiger partial charge is 0.349 e. The maximum atomic E-state index is 13.5. The molecule has 1 aliphatic rings.